The Morgan fingerprint density at radius 1 is 0.732 bits per heavy atom. The topological polar surface area (TPSA) is 236 Å². The van der Waals surface area contributed by atoms with Gasteiger partial charge in [0.2, 0.25) is 0 Å². The highest BCUT2D eigenvalue weighted by Gasteiger charge is 2.70. The number of hydrogen-bond donors (Lipinski definition) is 9. The van der Waals surface area contributed by atoms with E-state index < -0.39 is 97.5 Å². The zero-order valence-electron chi connectivity index (χ0n) is 33.9. The van der Waals surface area contributed by atoms with Crippen LogP contribution in [0.1, 0.15) is 106 Å². The van der Waals surface area contributed by atoms with Crippen molar-refractivity contribution in [3.8, 4) is 0 Å². The quantitative estimate of drug-likeness (QED) is 0.126. The first-order valence-corrected chi connectivity index (χ1v) is 21.0. The Hall–Kier alpha value is -1.27. The minimum absolute atomic E-state index is 0.0138. The summed E-state index contributed by atoms with van der Waals surface area (Å²) < 4.78 is 23.8. The molecule has 0 aromatic heterocycles. The molecule has 2 heterocycles. The zero-order valence-corrected chi connectivity index (χ0v) is 33.9. The van der Waals surface area contributed by atoms with Gasteiger partial charge in [0.15, 0.2) is 12.6 Å². The number of carboxylic acid groups (broad SMARTS) is 1. The number of aliphatic hydroxyl groups is 8. The van der Waals surface area contributed by atoms with Crippen molar-refractivity contribution in [3.05, 3.63) is 11.6 Å². The Kier molecular flexibility index (Phi) is 11.3. The van der Waals surface area contributed by atoms with Crippen LogP contribution in [0.25, 0.3) is 0 Å². The number of rotatable bonds is 8. The maximum absolute atomic E-state index is 13.0. The first-order valence-electron chi connectivity index (χ1n) is 21.0. The highest BCUT2D eigenvalue weighted by atomic mass is 16.7. The number of ether oxygens (including phenoxy) is 4. The fourth-order valence-electron chi connectivity index (χ4n) is 13.7. The van der Waals surface area contributed by atoms with Crippen LogP contribution in [0.5, 0.6) is 0 Å². The third kappa shape index (κ3) is 6.21. The average molecular weight is 797 g/mol. The Bertz CT molecular complexity index is 1500. The van der Waals surface area contributed by atoms with Gasteiger partial charge in [0.1, 0.15) is 48.8 Å². The predicted octanol–water partition coefficient (Wildman–Crippen LogP) is 1.85. The van der Waals surface area contributed by atoms with E-state index in [0.29, 0.717) is 19.3 Å². The molecule has 0 amide bonds. The van der Waals surface area contributed by atoms with Crippen molar-refractivity contribution in [2.24, 2.45) is 50.2 Å². The largest absolute Gasteiger partial charge is 0.481 e. The third-order valence-electron chi connectivity index (χ3n) is 17.4. The first kappa shape index (κ1) is 42.8. The van der Waals surface area contributed by atoms with E-state index in [1.54, 1.807) is 0 Å². The minimum atomic E-state index is -1.77. The number of hydrogen-bond acceptors (Lipinski definition) is 13. The number of carboxylic acids is 1. The summed E-state index contributed by atoms with van der Waals surface area (Å²) in [4.78, 5) is 13.0. The van der Waals surface area contributed by atoms with E-state index in [1.165, 1.54) is 5.57 Å². The maximum Gasteiger partial charge on any atom is 0.310 e. The van der Waals surface area contributed by atoms with Gasteiger partial charge >= 0.3 is 5.97 Å². The van der Waals surface area contributed by atoms with Gasteiger partial charge in [-0.2, -0.15) is 0 Å². The van der Waals surface area contributed by atoms with Crippen molar-refractivity contribution in [2.75, 3.05) is 19.8 Å². The Morgan fingerprint density at radius 2 is 1.36 bits per heavy atom. The lowest BCUT2D eigenvalue weighted by Gasteiger charge is -2.71. The molecule has 56 heavy (non-hydrogen) atoms. The van der Waals surface area contributed by atoms with Crippen molar-refractivity contribution in [2.45, 2.75) is 173 Å². The summed E-state index contributed by atoms with van der Waals surface area (Å²) in [6.45, 7) is 12.2. The molecule has 320 valence electrons. The summed E-state index contributed by atoms with van der Waals surface area (Å²) in [5, 5.41) is 95.5. The van der Waals surface area contributed by atoms with E-state index in [1.807, 2.05) is 6.92 Å². The van der Waals surface area contributed by atoms with Crippen molar-refractivity contribution in [1.29, 1.82) is 0 Å². The molecule has 0 spiro atoms. The molecular weight excluding hydrogens is 728 g/mol. The van der Waals surface area contributed by atoms with Gasteiger partial charge in [-0.3, -0.25) is 4.79 Å². The molecule has 19 atom stereocenters. The van der Waals surface area contributed by atoms with Crippen LogP contribution < -0.4 is 0 Å². The monoisotopic (exact) mass is 796 g/mol. The molecule has 0 aromatic rings. The number of fused-ring (bicyclic) bond motifs is 7. The Morgan fingerprint density at radius 3 is 2.00 bits per heavy atom. The third-order valence-corrected chi connectivity index (χ3v) is 17.4. The van der Waals surface area contributed by atoms with Crippen LogP contribution >= 0.6 is 0 Å². The van der Waals surface area contributed by atoms with Crippen LogP contribution in [0.2, 0.25) is 0 Å². The van der Waals surface area contributed by atoms with Crippen LogP contribution in [-0.2, 0) is 23.7 Å². The molecule has 0 radical (unpaired) electrons. The number of aliphatic carboxylic acids is 1. The van der Waals surface area contributed by atoms with Gasteiger partial charge in [-0.05, 0) is 104 Å². The molecule has 0 aromatic carbocycles. The lowest BCUT2D eigenvalue weighted by Crippen LogP contribution is -2.67. The van der Waals surface area contributed by atoms with Crippen molar-refractivity contribution >= 4 is 5.97 Å². The molecule has 0 bridgehead atoms. The van der Waals surface area contributed by atoms with E-state index in [2.05, 4.69) is 40.7 Å². The molecule has 4 saturated carbocycles. The van der Waals surface area contributed by atoms with Crippen LogP contribution in [0.3, 0.4) is 0 Å². The first-order chi connectivity index (χ1) is 26.2. The molecule has 7 aliphatic rings. The Labute approximate surface area is 330 Å². The lowest BCUT2D eigenvalue weighted by atomic mass is 9.33. The summed E-state index contributed by atoms with van der Waals surface area (Å²) in [5.41, 5.74) is -0.474. The molecular formula is C42H68O14. The molecule has 2 aliphatic heterocycles. The molecule has 6 fully saturated rings. The standard InChI is InChI=1S/C42H68O14/c1-37(2)13-15-42(36(51)52)16-14-40(5)21(22(42)17-37)7-8-26-38(3)11-10-27(39(4,20-45)25(38)9-12-41(26,40)6)55-34-32(50)30(48)33(24(19-44)54-34)56-35-31(49)29(47)28(46)23(18-43)53-35/h7,22-35,43-50H,8-20H2,1-6H3,(H,51,52)/t22-,23+,24+,25+,26+,27-,28+,29-,30+,31+,32+,33+,34-,35-,38-,39-,40+,41+,42-/m0/s1. The molecule has 5 aliphatic carbocycles. The van der Waals surface area contributed by atoms with Gasteiger partial charge < -0.3 is 64.9 Å². The highest BCUT2D eigenvalue weighted by Crippen LogP contribution is 2.76. The summed E-state index contributed by atoms with van der Waals surface area (Å²) in [6, 6.07) is 0. The summed E-state index contributed by atoms with van der Waals surface area (Å²) in [7, 11) is 0. The van der Waals surface area contributed by atoms with E-state index in [-0.39, 0.29) is 46.0 Å². The number of carbonyl (C=O) groups is 1. The smallest absolute Gasteiger partial charge is 0.310 e. The van der Waals surface area contributed by atoms with E-state index in [9.17, 15) is 50.8 Å². The fraction of sp³-hybridized carbons (Fsp3) is 0.929. The van der Waals surface area contributed by atoms with Gasteiger partial charge in [0.05, 0.1) is 31.3 Å². The van der Waals surface area contributed by atoms with Crippen molar-refractivity contribution in [1.82, 2.24) is 0 Å². The molecule has 2 saturated heterocycles. The van der Waals surface area contributed by atoms with E-state index in [4.69, 9.17) is 18.9 Å². The van der Waals surface area contributed by atoms with Gasteiger partial charge in [-0.1, -0.05) is 53.2 Å². The second-order valence-electron chi connectivity index (χ2n) is 20.5. The molecule has 14 heteroatoms. The second kappa shape index (κ2) is 14.7. The summed E-state index contributed by atoms with van der Waals surface area (Å²) in [5.74, 6) is -0.324. The van der Waals surface area contributed by atoms with E-state index >= 15 is 0 Å². The SMILES string of the molecule is CC1(C)CC[C@]2(C(=O)O)CC[C@]3(C)C(=CC[C@@H]4[C@@]5(C)CC[C@H](O[C@@H]6O[C@H](CO)[C@@H](O[C@@H]7O[C@H](CO)[C@@H](O)[C@H](O)[C@H]7O)[C@H](O)[C@H]6O)[C@@](C)(CO)[C@@H]5CC[C@]43C)[C@@H]2C1. The minimum Gasteiger partial charge on any atom is -0.481 e. The van der Waals surface area contributed by atoms with Gasteiger partial charge in [-0.25, -0.2) is 0 Å². The van der Waals surface area contributed by atoms with Crippen LogP contribution in [-0.4, -0.2) is 139 Å². The summed E-state index contributed by atoms with van der Waals surface area (Å²) in [6.07, 6.45) is -5.71. The fourth-order valence-corrected chi connectivity index (χ4v) is 13.7. The molecule has 0 unspecified atom stereocenters. The molecule has 14 nitrogen and oxygen atoms in total. The van der Waals surface area contributed by atoms with Crippen molar-refractivity contribution in [3.63, 3.8) is 0 Å². The van der Waals surface area contributed by atoms with Crippen LogP contribution in [0.4, 0.5) is 0 Å². The van der Waals surface area contributed by atoms with Gasteiger partial charge in [0.25, 0.3) is 0 Å². The van der Waals surface area contributed by atoms with Gasteiger partial charge in [0, 0.05) is 5.41 Å². The second-order valence-corrected chi connectivity index (χ2v) is 20.5. The zero-order chi connectivity index (χ0) is 41.0. The van der Waals surface area contributed by atoms with Crippen molar-refractivity contribution < 1.29 is 69.7 Å². The molecule has 9 N–H and O–H groups in total. The Balaban J connectivity index is 1.10. The van der Waals surface area contributed by atoms with Crippen LogP contribution in [0, 0.1) is 50.2 Å². The summed E-state index contributed by atoms with van der Waals surface area (Å²) >= 11 is 0. The van der Waals surface area contributed by atoms with Gasteiger partial charge in [-0.15, -0.1) is 0 Å². The lowest BCUT2D eigenvalue weighted by molar-refractivity contribution is -0.369. The maximum atomic E-state index is 13.0. The molecule has 7 rings (SSSR count). The normalized spacial score (nSPS) is 54.1. The number of allylic oxidation sites excluding steroid dienone is 2. The van der Waals surface area contributed by atoms with E-state index in [0.717, 1.165) is 44.9 Å². The number of aliphatic hydroxyl groups excluding tert-OH is 8. The van der Waals surface area contributed by atoms with Crippen LogP contribution in [0.15, 0.2) is 11.6 Å². The predicted molar refractivity (Wildman–Crippen MR) is 199 cm³/mol. The highest BCUT2D eigenvalue weighted by molar-refractivity contribution is 5.76. The average Bonchev–Trinajstić information content (AvgIpc) is 3.15.